The van der Waals surface area contributed by atoms with Crippen molar-refractivity contribution < 1.29 is 13.2 Å². The lowest BCUT2D eigenvalue weighted by molar-refractivity contribution is -0.138. The van der Waals surface area contributed by atoms with Crippen molar-refractivity contribution in [3.8, 4) is 0 Å². The fraction of sp³-hybridized carbons (Fsp3) is 0.385. The summed E-state index contributed by atoms with van der Waals surface area (Å²) < 4.78 is 41.2. The molecule has 0 N–H and O–H groups in total. The molecule has 0 spiro atoms. The molecule has 1 fully saturated rings. The minimum absolute atomic E-state index is 0.303. The average Bonchev–Trinajstić information content (AvgIpc) is 3.00. The highest BCUT2D eigenvalue weighted by Gasteiger charge is 2.34. The van der Waals surface area contributed by atoms with Gasteiger partial charge >= 0.3 is 6.18 Å². The topological polar surface area (TPSA) is 9.72 Å². The molecule has 2 heterocycles. The van der Waals surface area contributed by atoms with Gasteiger partial charge in [-0.15, -0.1) is 0 Å². The third-order valence-corrected chi connectivity index (χ3v) is 6.62. The zero-order valence-electron chi connectivity index (χ0n) is 18.7. The molecule has 2 aliphatic rings. The number of anilines is 1. The Kier molecular flexibility index (Phi) is 7.35. The second-order valence-corrected chi connectivity index (χ2v) is 9.36. The van der Waals surface area contributed by atoms with Crippen molar-refractivity contribution in [3.05, 3.63) is 88.9 Å². The van der Waals surface area contributed by atoms with E-state index in [0.717, 1.165) is 49.6 Å². The predicted octanol–water partition coefficient (Wildman–Crippen LogP) is 6.55. The lowest BCUT2D eigenvalue weighted by Crippen LogP contribution is -2.34. The Bertz CT molecular complexity index is 993. The van der Waals surface area contributed by atoms with E-state index in [0.29, 0.717) is 18.0 Å². The molecule has 176 valence electrons. The zero-order valence-corrected chi connectivity index (χ0v) is 19.5. The molecule has 1 saturated heterocycles. The van der Waals surface area contributed by atoms with Crippen molar-refractivity contribution in [1.82, 2.24) is 9.80 Å². The molecule has 0 atom stereocenters. The third-order valence-electron chi connectivity index (χ3n) is 6.37. The maximum atomic E-state index is 13.7. The molecule has 7 heteroatoms. The molecule has 0 aromatic heterocycles. The minimum atomic E-state index is -4.37. The third kappa shape index (κ3) is 6.33. The van der Waals surface area contributed by atoms with Gasteiger partial charge in [0, 0.05) is 49.4 Å². The number of hydrogen-bond acceptors (Lipinski definition) is 3. The van der Waals surface area contributed by atoms with Crippen molar-refractivity contribution in [2.75, 3.05) is 31.6 Å². The van der Waals surface area contributed by atoms with E-state index in [4.69, 9.17) is 11.6 Å². The number of nitrogens with zero attached hydrogens (tertiary/aromatic N) is 3. The van der Waals surface area contributed by atoms with Crippen molar-refractivity contribution in [1.29, 1.82) is 0 Å². The van der Waals surface area contributed by atoms with Crippen LogP contribution in [0.15, 0.2) is 67.1 Å². The van der Waals surface area contributed by atoms with Crippen LogP contribution < -0.4 is 4.90 Å². The highest BCUT2D eigenvalue weighted by atomic mass is 35.5. The van der Waals surface area contributed by atoms with Crippen LogP contribution in [0, 0.1) is 5.92 Å². The maximum Gasteiger partial charge on any atom is 0.416 e. The summed E-state index contributed by atoms with van der Waals surface area (Å²) in [7, 11) is 1.96. The number of likely N-dealkylation sites (tertiary alicyclic amines) is 1. The summed E-state index contributed by atoms with van der Waals surface area (Å²) >= 11 is 5.97. The number of piperidine rings is 1. The van der Waals surface area contributed by atoms with Crippen LogP contribution in [0.25, 0.3) is 0 Å². The van der Waals surface area contributed by atoms with E-state index in [9.17, 15) is 13.2 Å². The first-order valence-corrected chi connectivity index (χ1v) is 11.7. The predicted molar refractivity (Wildman–Crippen MR) is 128 cm³/mol. The van der Waals surface area contributed by atoms with Gasteiger partial charge in [0.1, 0.15) is 0 Å². The molecule has 33 heavy (non-hydrogen) atoms. The Morgan fingerprint density at radius 3 is 2.39 bits per heavy atom. The standard InChI is InChI=1S/C26H29ClF3N3/c1-31-11-2-12-33(16-15-31)24-7-8-25(26(28,29)30)22(18-24)19-32-13-9-21(10-14-32)17-20-3-5-23(27)6-4-20/h2-8,12,15-16,18,21H,9-11,13-14,17,19H2,1H3. The van der Waals surface area contributed by atoms with Gasteiger partial charge in [-0.3, -0.25) is 4.90 Å². The quantitative estimate of drug-likeness (QED) is 0.485. The molecule has 0 bridgehead atoms. The van der Waals surface area contributed by atoms with Crippen LogP contribution >= 0.6 is 11.6 Å². The Balaban J connectivity index is 1.45. The minimum Gasteiger partial charge on any atom is -0.375 e. The molecule has 2 aromatic rings. The van der Waals surface area contributed by atoms with Gasteiger partial charge in [0.25, 0.3) is 0 Å². The number of halogens is 4. The van der Waals surface area contributed by atoms with Crippen LogP contribution in [0.1, 0.15) is 29.5 Å². The summed E-state index contributed by atoms with van der Waals surface area (Å²) in [6.07, 6.45) is 6.25. The molecular formula is C26H29ClF3N3. The van der Waals surface area contributed by atoms with Crippen molar-refractivity contribution in [2.24, 2.45) is 5.92 Å². The highest BCUT2D eigenvalue weighted by Crippen LogP contribution is 2.35. The Morgan fingerprint density at radius 1 is 0.970 bits per heavy atom. The molecule has 4 rings (SSSR count). The number of alkyl halides is 3. The number of hydrogen-bond donors (Lipinski definition) is 0. The van der Waals surface area contributed by atoms with Crippen LogP contribution in [0.3, 0.4) is 0 Å². The smallest absolute Gasteiger partial charge is 0.375 e. The van der Waals surface area contributed by atoms with Gasteiger partial charge in [0.05, 0.1) is 5.56 Å². The summed E-state index contributed by atoms with van der Waals surface area (Å²) in [5, 5.41) is 0.731. The van der Waals surface area contributed by atoms with Gasteiger partial charge in [-0.05, 0) is 85.8 Å². The molecule has 2 aliphatic heterocycles. The summed E-state index contributed by atoms with van der Waals surface area (Å²) in [5.74, 6) is 0.542. The molecule has 0 saturated carbocycles. The van der Waals surface area contributed by atoms with Crippen molar-refractivity contribution >= 4 is 17.3 Å². The van der Waals surface area contributed by atoms with Gasteiger partial charge in [-0.25, -0.2) is 0 Å². The Morgan fingerprint density at radius 2 is 1.70 bits per heavy atom. The van der Waals surface area contributed by atoms with Gasteiger partial charge in [-0.2, -0.15) is 13.2 Å². The largest absolute Gasteiger partial charge is 0.416 e. The zero-order chi connectivity index (χ0) is 23.4. The molecule has 0 aliphatic carbocycles. The van der Waals surface area contributed by atoms with Gasteiger partial charge in [0.15, 0.2) is 0 Å². The van der Waals surface area contributed by atoms with Crippen molar-refractivity contribution in [3.63, 3.8) is 0 Å². The lowest BCUT2D eigenvalue weighted by Gasteiger charge is -2.33. The SMILES string of the molecule is CN1C=CN(c2ccc(C(F)(F)F)c(CN3CCC(Cc4ccc(Cl)cc4)CC3)c2)C=CC1. The normalized spacial score (nSPS) is 18.1. The number of benzene rings is 2. The molecular weight excluding hydrogens is 447 g/mol. The fourth-order valence-corrected chi connectivity index (χ4v) is 4.61. The Labute approximate surface area is 198 Å². The average molecular weight is 476 g/mol. The molecule has 0 unspecified atom stereocenters. The molecule has 0 amide bonds. The van der Waals surface area contributed by atoms with E-state index in [1.807, 2.05) is 53.7 Å². The first-order valence-electron chi connectivity index (χ1n) is 11.3. The highest BCUT2D eigenvalue weighted by molar-refractivity contribution is 6.30. The summed E-state index contributed by atoms with van der Waals surface area (Å²) in [6, 6.07) is 12.4. The second kappa shape index (κ2) is 10.2. The summed E-state index contributed by atoms with van der Waals surface area (Å²) in [6.45, 7) is 2.66. The number of rotatable bonds is 5. The first-order chi connectivity index (χ1) is 15.8. The Hall–Kier alpha value is -2.44. The van der Waals surface area contributed by atoms with Gasteiger partial charge < -0.3 is 9.80 Å². The van der Waals surface area contributed by atoms with Crippen LogP contribution in [0.4, 0.5) is 18.9 Å². The molecule has 2 aromatic carbocycles. The van der Waals surface area contributed by atoms with Gasteiger partial charge in [-0.1, -0.05) is 23.7 Å². The summed E-state index contributed by atoms with van der Waals surface area (Å²) in [4.78, 5) is 6.02. The fourth-order valence-electron chi connectivity index (χ4n) is 4.49. The van der Waals surface area contributed by atoms with Crippen LogP contribution in [-0.2, 0) is 19.1 Å². The van der Waals surface area contributed by atoms with E-state index in [-0.39, 0.29) is 0 Å². The van der Waals surface area contributed by atoms with Crippen LogP contribution in [0.2, 0.25) is 5.02 Å². The van der Waals surface area contributed by atoms with Crippen LogP contribution in [0.5, 0.6) is 0 Å². The van der Waals surface area contributed by atoms with Crippen LogP contribution in [-0.4, -0.2) is 36.5 Å². The lowest BCUT2D eigenvalue weighted by atomic mass is 9.90. The monoisotopic (exact) mass is 475 g/mol. The molecule has 3 nitrogen and oxygen atoms in total. The van der Waals surface area contributed by atoms with E-state index in [1.54, 1.807) is 12.1 Å². The van der Waals surface area contributed by atoms with E-state index < -0.39 is 11.7 Å². The first kappa shape index (κ1) is 23.7. The second-order valence-electron chi connectivity index (χ2n) is 8.92. The van der Waals surface area contributed by atoms with E-state index >= 15 is 0 Å². The van der Waals surface area contributed by atoms with E-state index in [2.05, 4.69) is 17.0 Å². The van der Waals surface area contributed by atoms with E-state index in [1.165, 1.54) is 11.6 Å². The maximum absolute atomic E-state index is 13.7. The van der Waals surface area contributed by atoms with Crippen molar-refractivity contribution in [2.45, 2.75) is 32.0 Å². The van der Waals surface area contributed by atoms with Gasteiger partial charge in [0.2, 0.25) is 0 Å². The molecule has 0 radical (unpaired) electrons. The summed E-state index contributed by atoms with van der Waals surface area (Å²) in [5.41, 5.74) is 1.78. The number of likely N-dealkylation sites (N-methyl/N-ethyl adjacent to an activating group) is 1.